The maximum atomic E-state index is 14.1. The van der Waals surface area contributed by atoms with Crippen LogP contribution in [0.4, 0.5) is 79.0 Å². The van der Waals surface area contributed by atoms with Crippen LogP contribution in [-0.4, -0.2) is 43.0 Å². The third-order valence-corrected chi connectivity index (χ3v) is 66.2. The van der Waals surface area contributed by atoms with Crippen molar-refractivity contribution in [3.8, 4) is 22.3 Å². The summed E-state index contributed by atoms with van der Waals surface area (Å²) in [6.07, 6.45) is -34.4. The van der Waals surface area contributed by atoms with Gasteiger partial charge in [0.1, 0.15) is 0 Å². The topological polar surface area (TPSA) is 0 Å². The summed E-state index contributed by atoms with van der Waals surface area (Å²) in [6, 6.07) is 13.1. The van der Waals surface area contributed by atoms with Crippen molar-refractivity contribution in [2.75, 3.05) is 0 Å². The third-order valence-electron chi connectivity index (χ3n) is 14.2. The van der Waals surface area contributed by atoms with Gasteiger partial charge in [0, 0.05) is 0 Å². The van der Waals surface area contributed by atoms with E-state index in [4.69, 9.17) is 17.0 Å². The van der Waals surface area contributed by atoms with E-state index >= 15 is 0 Å². The molecule has 0 heterocycles. The van der Waals surface area contributed by atoms with Gasteiger partial charge in [-0.25, -0.2) is 0 Å². The second-order valence-corrected chi connectivity index (χ2v) is 60.5. The zero-order chi connectivity index (χ0) is 50.8. The predicted molar refractivity (Wildman–Crippen MR) is 223 cm³/mol. The molecule has 7 rings (SSSR count). The molecule has 0 nitrogen and oxygen atoms in total. The van der Waals surface area contributed by atoms with E-state index in [1.54, 1.807) is 37.3 Å². The average molecular weight is 1120 g/mol. The second kappa shape index (κ2) is 16.7. The molecule has 2 unspecified atom stereocenters. The van der Waals surface area contributed by atoms with E-state index in [1.807, 2.05) is 19.2 Å². The van der Waals surface area contributed by atoms with Crippen molar-refractivity contribution >= 4 is 35.1 Å². The third kappa shape index (κ3) is 7.58. The van der Waals surface area contributed by atoms with Gasteiger partial charge in [0.05, 0.1) is 0 Å². The normalized spacial score (nSPS) is 19.7. The molecule has 0 N–H and O–H groups in total. The molecule has 0 radical (unpaired) electrons. The maximum absolute atomic E-state index is 14.1. The first-order valence-corrected chi connectivity index (χ1v) is 37.2. The van der Waals surface area contributed by atoms with Crippen molar-refractivity contribution in [3.05, 3.63) is 129 Å². The fraction of sp³-hybridized carbons (Fsp3) is 0.391. The Morgan fingerprint density at radius 2 is 0.809 bits per heavy atom. The van der Waals surface area contributed by atoms with Gasteiger partial charge in [0.15, 0.2) is 0 Å². The molecule has 4 aromatic carbocycles. The zero-order valence-corrected chi connectivity index (χ0v) is 40.6. The van der Waals surface area contributed by atoms with Crippen molar-refractivity contribution in [1.82, 2.24) is 0 Å². The Morgan fingerprint density at radius 1 is 0.471 bits per heavy atom. The van der Waals surface area contributed by atoms with Gasteiger partial charge < -0.3 is 0 Å². The van der Waals surface area contributed by atoms with E-state index in [0.29, 0.717) is 40.7 Å². The average Bonchev–Trinajstić information content (AvgIpc) is 3.93. The van der Waals surface area contributed by atoms with Gasteiger partial charge in [0.25, 0.3) is 0 Å². The molecule has 22 heteroatoms. The Bertz CT molecular complexity index is 2570. The molecule has 369 valence electrons. The minimum absolute atomic E-state index is 0.00895. The van der Waals surface area contributed by atoms with Crippen molar-refractivity contribution in [1.29, 1.82) is 0 Å². The van der Waals surface area contributed by atoms with Crippen LogP contribution >= 0.6 is 17.0 Å². The molecular formula is C46H37Cl2F18SiZr. The van der Waals surface area contributed by atoms with Crippen LogP contribution in [0.2, 0.25) is 13.1 Å². The van der Waals surface area contributed by atoms with Crippen molar-refractivity contribution in [2.45, 2.75) is 101 Å². The summed E-state index contributed by atoms with van der Waals surface area (Å²) >= 11 is -5.76. The zero-order valence-electron chi connectivity index (χ0n) is 35.4. The molecule has 0 spiro atoms. The molecule has 0 aromatic heterocycles. The van der Waals surface area contributed by atoms with Crippen molar-refractivity contribution < 1.29 is 94.6 Å². The number of rotatable bonds is 8. The van der Waals surface area contributed by atoms with Gasteiger partial charge in [-0.15, -0.1) is 0 Å². The van der Waals surface area contributed by atoms with Crippen LogP contribution < -0.4 is 0 Å². The summed E-state index contributed by atoms with van der Waals surface area (Å²) < 4.78 is 251. The molecule has 4 aromatic rings. The van der Waals surface area contributed by atoms with Gasteiger partial charge in [-0.3, -0.25) is 0 Å². The number of halogens is 20. The Labute approximate surface area is 386 Å². The van der Waals surface area contributed by atoms with Gasteiger partial charge in [-0.05, 0) is 0 Å². The molecule has 68 heavy (non-hydrogen) atoms. The fourth-order valence-electron chi connectivity index (χ4n) is 11.0. The van der Waals surface area contributed by atoms with E-state index in [9.17, 15) is 79.0 Å². The second-order valence-electron chi connectivity index (χ2n) is 18.0. The molecule has 0 aliphatic heterocycles. The quantitative estimate of drug-likeness (QED) is 0.122. The SMILES string of the molecule is CC1=Cc2c(-c3ccc(C(C(F)(F)F)(C(F)(F)F)C(F)(F)F)cc3)cccc2[CH]1[Zr]([Cl])([Cl])([CH]1C(C2CCCC2)=Cc2c(-c3ccc(C(C(F)(F)F)(C(F)(F)F)C(F)(F)F)cc3)cccc21)[SiH](C)C. The fourth-order valence-corrected chi connectivity index (χ4v) is 43.0. The first-order chi connectivity index (χ1) is 31.0. The number of alkyl halides is 18. The first-order valence-electron chi connectivity index (χ1n) is 20.8. The summed E-state index contributed by atoms with van der Waals surface area (Å²) in [5.41, 5.74) is -12.6. The number of fused-ring (bicyclic) bond motifs is 2. The number of benzene rings is 4. The summed E-state index contributed by atoms with van der Waals surface area (Å²) in [4.78, 5) is 0. The van der Waals surface area contributed by atoms with Crippen LogP contribution in [0.1, 0.15) is 73.2 Å². The summed E-state index contributed by atoms with van der Waals surface area (Å²) in [6.45, 7) is 5.65. The molecular weight excluding hydrogens is 1080 g/mol. The molecule has 1 fully saturated rings. The molecule has 2 atom stereocenters. The molecule has 0 bridgehead atoms. The molecule has 3 aliphatic carbocycles. The van der Waals surface area contributed by atoms with Crippen LogP contribution in [0.15, 0.2) is 96.1 Å². The van der Waals surface area contributed by atoms with Crippen LogP contribution in [0.25, 0.3) is 34.4 Å². The van der Waals surface area contributed by atoms with Gasteiger partial charge in [0.2, 0.25) is 0 Å². The molecule has 3 aliphatic rings. The van der Waals surface area contributed by atoms with E-state index in [0.717, 1.165) is 42.7 Å². The molecule has 1 saturated carbocycles. The van der Waals surface area contributed by atoms with Gasteiger partial charge in [-0.2, -0.15) is 0 Å². The summed E-state index contributed by atoms with van der Waals surface area (Å²) in [7, 11) is 16.8. The van der Waals surface area contributed by atoms with Crippen LogP contribution in [0.3, 0.4) is 0 Å². The van der Waals surface area contributed by atoms with Crippen molar-refractivity contribution in [3.63, 3.8) is 0 Å². The standard InChI is InChI=1S/C24H18F9.C20H12F9.C2H7Si.2ClH.Zr/c25-22(26,27)21(23(28,29)30,24(31,32)33)18-10-8-15(9-11-18)19-7-3-6-16-12-17(13-20(16)19)14-4-1-2-5-14;1-11-9-13-3-2-4-15(16(13)10-11)12-5-7-14(8-6-12)17(18(21,22)23,19(24,25)26)20(27,28)29;1-3-2;;;/h3,6-14H,1-2,4-5H2;2-10H,1H3;3H,1-2H3;2*1H;/q;;;;;+2/p-2. The van der Waals surface area contributed by atoms with Crippen LogP contribution in [0, 0.1) is 5.92 Å². The number of hydrogen-bond acceptors (Lipinski definition) is 0. The van der Waals surface area contributed by atoms with Gasteiger partial charge in [-0.1, -0.05) is 0 Å². The Morgan fingerprint density at radius 3 is 1.15 bits per heavy atom. The van der Waals surface area contributed by atoms with E-state index in [-0.39, 0.29) is 52.4 Å². The number of hydrogen-bond donors (Lipinski definition) is 0. The molecule has 0 amide bonds. The van der Waals surface area contributed by atoms with Crippen molar-refractivity contribution in [2.24, 2.45) is 5.92 Å². The Balaban J connectivity index is 1.37. The summed E-state index contributed by atoms with van der Waals surface area (Å²) in [5.74, 6) is -2.47. The first kappa shape index (κ1) is 52.6. The number of allylic oxidation sites excluding steroid dienone is 2. The Hall–Kier alpha value is -3.22. The van der Waals surface area contributed by atoms with Gasteiger partial charge >= 0.3 is 388 Å². The minimum atomic E-state index is -6.83. The molecule has 0 saturated heterocycles. The van der Waals surface area contributed by atoms with E-state index in [1.165, 1.54) is 12.1 Å². The van der Waals surface area contributed by atoms with E-state index in [2.05, 4.69) is 0 Å². The monoisotopic (exact) mass is 1120 g/mol. The predicted octanol–water partition coefficient (Wildman–Crippen LogP) is 17.6. The van der Waals surface area contributed by atoms with Crippen LogP contribution in [0.5, 0.6) is 0 Å². The van der Waals surface area contributed by atoms with Crippen LogP contribution in [-0.2, 0) is 26.4 Å². The Kier molecular flexibility index (Phi) is 12.9. The summed E-state index contributed by atoms with van der Waals surface area (Å²) in [5, 5.41) is 0. The van der Waals surface area contributed by atoms with E-state index < -0.39 is 87.7 Å².